The fourth-order valence-corrected chi connectivity index (χ4v) is 2.62. The number of anilines is 1. The second kappa shape index (κ2) is 7.79. The van der Waals surface area contributed by atoms with Crippen molar-refractivity contribution in [2.75, 3.05) is 5.32 Å². The molecule has 1 heterocycles. The average molecular weight is 341 g/mol. The molecular formula is C19H23N3O3. The van der Waals surface area contributed by atoms with Crippen molar-refractivity contribution in [2.24, 2.45) is 13.0 Å². The Kier molecular flexibility index (Phi) is 5.75. The number of carboxylic acids is 1. The third kappa shape index (κ3) is 4.79. The summed E-state index contributed by atoms with van der Waals surface area (Å²) in [6, 6.07) is 7.03. The summed E-state index contributed by atoms with van der Waals surface area (Å²) in [5, 5.41) is 15.9. The van der Waals surface area contributed by atoms with Crippen LogP contribution in [0.2, 0.25) is 0 Å². The van der Waals surface area contributed by atoms with Crippen LogP contribution in [-0.4, -0.2) is 26.8 Å². The summed E-state index contributed by atoms with van der Waals surface area (Å²) in [6.07, 6.45) is 3.22. The zero-order valence-corrected chi connectivity index (χ0v) is 14.9. The highest BCUT2D eigenvalue weighted by Gasteiger charge is 2.18. The van der Waals surface area contributed by atoms with Crippen LogP contribution in [0.1, 0.15) is 29.4 Å². The van der Waals surface area contributed by atoms with Gasteiger partial charge < -0.3 is 10.4 Å². The zero-order chi connectivity index (χ0) is 18.6. The van der Waals surface area contributed by atoms with Crippen molar-refractivity contribution in [3.63, 3.8) is 0 Å². The van der Waals surface area contributed by atoms with Gasteiger partial charge in [-0.25, -0.2) is 4.79 Å². The minimum Gasteiger partial charge on any atom is -0.478 e. The van der Waals surface area contributed by atoms with Crippen molar-refractivity contribution >= 4 is 23.6 Å². The molecule has 132 valence electrons. The molecule has 6 heteroatoms. The second-order valence-electron chi connectivity index (χ2n) is 6.16. The van der Waals surface area contributed by atoms with E-state index in [4.69, 9.17) is 5.11 Å². The van der Waals surface area contributed by atoms with E-state index in [2.05, 4.69) is 10.4 Å². The van der Waals surface area contributed by atoms with Gasteiger partial charge in [0.05, 0.1) is 5.69 Å². The van der Waals surface area contributed by atoms with Gasteiger partial charge in [-0.05, 0) is 49.6 Å². The number of benzene rings is 1. The van der Waals surface area contributed by atoms with E-state index in [1.165, 1.54) is 6.08 Å². The molecular weight excluding hydrogens is 318 g/mol. The Balaban J connectivity index is 2.00. The Labute approximate surface area is 147 Å². The number of rotatable bonds is 6. The fraction of sp³-hybridized carbons (Fsp3) is 0.316. The first-order chi connectivity index (χ1) is 11.8. The average Bonchev–Trinajstić information content (AvgIpc) is 2.80. The predicted molar refractivity (Wildman–Crippen MR) is 97.3 cm³/mol. The highest BCUT2D eigenvalue weighted by Crippen LogP contribution is 2.18. The lowest BCUT2D eigenvalue weighted by Crippen LogP contribution is -2.22. The minimum atomic E-state index is -0.993. The Hall–Kier alpha value is -2.89. The molecule has 0 saturated heterocycles. The maximum atomic E-state index is 12.4. The largest absolute Gasteiger partial charge is 0.478 e. The van der Waals surface area contributed by atoms with E-state index in [0.29, 0.717) is 12.1 Å². The van der Waals surface area contributed by atoms with Gasteiger partial charge in [-0.3, -0.25) is 9.48 Å². The van der Waals surface area contributed by atoms with Crippen molar-refractivity contribution in [2.45, 2.75) is 27.2 Å². The first-order valence-corrected chi connectivity index (χ1v) is 8.09. The molecule has 0 aliphatic rings. The second-order valence-corrected chi connectivity index (χ2v) is 6.16. The SMILES string of the molecule is Cc1nn(C)c(C)c1C[C@@H](C)C(=O)Nc1ccc(/C=C/C(=O)O)cc1. The third-order valence-corrected chi connectivity index (χ3v) is 4.21. The van der Waals surface area contributed by atoms with Gasteiger partial charge in [0.15, 0.2) is 0 Å². The number of aryl methyl sites for hydroxylation is 2. The maximum Gasteiger partial charge on any atom is 0.328 e. The number of nitrogens with zero attached hydrogens (tertiary/aromatic N) is 2. The number of carbonyl (C=O) groups is 2. The van der Waals surface area contributed by atoms with Crippen LogP contribution in [0.5, 0.6) is 0 Å². The van der Waals surface area contributed by atoms with Crippen LogP contribution in [0.3, 0.4) is 0 Å². The first-order valence-electron chi connectivity index (χ1n) is 8.09. The number of hydrogen-bond donors (Lipinski definition) is 2. The minimum absolute atomic E-state index is 0.0588. The van der Waals surface area contributed by atoms with Crippen molar-refractivity contribution in [3.05, 3.63) is 52.9 Å². The van der Waals surface area contributed by atoms with E-state index >= 15 is 0 Å². The maximum absolute atomic E-state index is 12.4. The van der Waals surface area contributed by atoms with Gasteiger partial charge in [-0.1, -0.05) is 19.1 Å². The normalized spacial score (nSPS) is 12.3. The smallest absolute Gasteiger partial charge is 0.328 e. The third-order valence-electron chi connectivity index (χ3n) is 4.21. The monoisotopic (exact) mass is 341 g/mol. The Morgan fingerprint density at radius 3 is 2.44 bits per heavy atom. The molecule has 0 bridgehead atoms. The molecule has 0 radical (unpaired) electrons. The van der Waals surface area contributed by atoms with Crippen molar-refractivity contribution in [1.29, 1.82) is 0 Å². The number of hydrogen-bond acceptors (Lipinski definition) is 3. The molecule has 25 heavy (non-hydrogen) atoms. The highest BCUT2D eigenvalue weighted by molar-refractivity contribution is 5.92. The quantitative estimate of drug-likeness (QED) is 0.791. The van der Waals surface area contributed by atoms with E-state index in [9.17, 15) is 9.59 Å². The number of aliphatic carboxylic acids is 1. The molecule has 0 saturated carbocycles. The first kappa shape index (κ1) is 18.4. The standard InChI is InChI=1S/C19H23N3O3/c1-12(11-17-13(2)21-22(4)14(17)3)19(25)20-16-8-5-15(6-9-16)7-10-18(23)24/h5-10,12H,11H2,1-4H3,(H,20,25)(H,23,24)/b10-7+/t12-/m1/s1. The summed E-state index contributed by atoms with van der Waals surface area (Å²) in [5.41, 5.74) is 4.58. The Morgan fingerprint density at radius 1 is 1.28 bits per heavy atom. The van der Waals surface area contributed by atoms with E-state index in [0.717, 1.165) is 28.6 Å². The molecule has 0 spiro atoms. The molecule has 0 aliphatic carbocycles. The number of amides is 1. The fourth-order valence-electron chi connectivity index (χ4n) is 2.62. The van der Waals surface area contributed by atoms with E-state index in [1.807, 2.05) is 32.5 Å². The Bertz CT molecular complexity index is 804. The number of nitrogens with one attached hydrogen (secondary N) is 1. The molecule has 2 rings (SSSR count). The number of carbonyl (C=O) groups excluding carboxylic acids is 1. The van der Waals surface area contributed by atoms with Crippen LogP contribution in [-0.2, 0) is 23.1 Å². The highest BCUT2D eigenvalue weighted by atomic mass is 16.4. The summed E-state index contributed by atoms with van der Waals surface area (Å²) in [7, 11) is 1.90. The van der Waals surface area contributed by atoms with Gasteiger partial charge in [0, 0.05) is 30.4 Å². The number of carboxylic acid groups (broad SMARTS) is 1. The molecule has 2 N–H and O–H groups in total. The van der Waals surface area contributed by atoms with Crippen LogP contribution in [0.25, 0.3) is 6.08 Å². The van der Waals surface area contributed by atoms with Gasteiger partial charge in [0.25, 0.3) is 0 Å². The van der Waals surface area contributed by atoms with Gasteiger partial charge in [-0.2, -0.15) is 5.10 Å². The summed E-state index contributed by atoms with van der Waals surface area (Å²) < 4.78 is 1.83. The lowest BCUT2D eigenvalue weighted by Gasteiger charge is -2.13. The topological polar surface area (TPSA) is 84.2 Å². The van der Waals surface area contributed by atoms with E-state index in [1.54, 1.807) is 24.3 Å². The van der Waals surface area contributed by atoms with Crippen molar-refractivity contribution in [1.82, 2.24) is 9.78 Å². The lowest BCUT2D eigenvalue weighted by atomic mass is 9.98. The molecule has 1 atom stereocenters. The predicted octanol–water partition coefficient (Wildman–Crippen LogP) is 2.95. The molecule has 1 amide bonds. The molecule has 0 aliphatic heterocycles. The van der Waals surface area contributed by atoms with Crippen LogP contribution in [0.15, 0.2) is 30.3 Å². The summed E-state index contributed by atoms with van der Waals surface area (Å²) >= 11 is 0. The van der Waals surface area contributed by atoms with Crippen LogP contribution in [0, 0.1) is 19.8 Å². The molecule has 2 aromatic rings. The molecule has 0 fully saturated rings. The van der Waals surface area contributed by atoms with Gasteiger partial charge >= 0.3 is 5.97 Å². The molecule has 1 aromatic carbocycles. The molecule has 6 nitrogen and oxygen atoms in total. The van der Waals surface area contributed by atoms with Crippen molar-refractivity contribution < 1.29 is 14.7 Å². The van der Waals surface area contributed by atoms with Crippen LogP contribution >= 0.6 is 0 Å². The van der Waals surface area contributed by atoms with Gasteiger partial charge in [0.2, 0.25) is 5.91 Å². The summed E-state index contributed by atoms with van der Waals surface area (Å²) in [4.78, 5) is 22.9. The van der Waals surface area contributed by atoms with E-state index in [-0.39, 0.29) is 11.8 Å². The van der Waals surface area contributed by atoms with E-state index < -0.39 is 5.97 Å². The van der Waals surface area contributed by atoms with Gasteiger partial charge in [-0.15, -0.1) is 0 Å². The number of aromatic nitrogens is 2. The van der Waals surface area contributed by atoms with Crippen LogP contribution in [0.4, 0.5) is 5.69 Å². The Morgan fingerprint density at radius 2 is 1.92 bits per heavy atom. The van der Waals surface area contributed by atoms with Crippen LogP contribution < -0.4 is 5.32 Å². The summed E-state index contributed by atoms with van der Waals surface area (Å²) in [5.74, 6) is -1.24. The van der Waals surface area contributed by atoms with Crippen molar-refractivity contribution in [3.8, 4) is 0 Å². The molecule has 0 unspecified atom stereocenters. The molecule has 1 aromatic heterocycles. The van der Waals surface area contributed by atoms with Gasteiger partial charge in [0.1, 0.15) is 0 Å². The zero-order valence-electron chi connectivity index (χ0n) is 14.9. The summed E-state index contributed by atoms with van der Waals surface area (Å²) in [6.45, 7) is 5.85. The lowest BCUT2D eigenvalue weighted by molar-refractivity contribution is -0.131.